The van der Waals surface area contributed by atoms with Crippen molar-refractivity contribution in [3.8, 4) is 5.75 Å². The van der Waals surface area contributed by atoms with E-state index in [2.05, 4.69) is 21.2 Å². The first-order valence-electron chi connectivity index (χ1n) is 14.7. The number of rotatable bonds is 12. The van der Waals surface area contributed by atoms with Crippen LogP contribution >= 0.6 is 15.9 Å². The summed E-state index contributed by atoms with van der Waals surface area (Å²) in [4.78, 5) is 29.5. The average molecular weight is 671 g/mol. The zero-order valence-corrected chi connectivity index (χ0v) is 27.4. The Morgan fingerprint density at radius 3 is 2.16 bits per heavy atom. The SMILES string of the molecule is CC[C@@H](C(=O)NC1CCCCC1)N(Cc1ccc(OC)cc1)C(=O)CN(c1ccc(Br)cc1)S(=O)(=O)c1ccc(C)cc1. The zero-order valence-electron chi connectivity index (χ0n) is 25.0. The Balaban J connectivity index is 1.70. The van der Waals surface area contributed by atoms with Gasteiger partial charge in [0.15, 0.2) is 0 Å². The zero-order chi connectivity index (χ0) is 31.0. The van der Waals surface area contributed by atoms with E-state index in [0.717, 1.165) is 52.0 Å². The number of carbonyl (C=O) groups excluding carboxylic acids is 2. The summed E-state index contributed by atoms with van der Waals surface area (Å²) in [5, 5.41) is 3.17. The van der Waals surface area contributed by atoms with Crippen LogP contribution in [0.15, 0.2) is 82.2 Å². The van der Waals surface area contributed by atoms with E-state index in [1.54, 1.807) is 67.8 Å². The van der Waals surface area contributed by atoms with E-state index in [-0.39, 0.29) is 23.4 Å². The van der Waals surface area contributed by atoms with Crippen LogP contribution in [0.25, 0.3) is 0 Å². The van der Waals surface area contributed by atoms with Crippen molar-refractivity contribution in [1.29, 1.82) is 0 Å². The highest BCUT2D eigenvalue weighted by atomic mass is 79.9. The Labute approximate surface area is 263 Å². The Hall–Kier alpha value is -3.37. The van der Waals surface area contributed by atoms with Crippen LogP contribution in [0.4, 0.5) is 5.69 Å². The lowest BCUT2D eigenvalue weighted by Crippen LogP contribution is -2.54. The minimum absolute atomic E-state index is 0.0782. The van der Waals surface area contributed by atoms with Crippen LogP contribution in [0.2, 0.25) is 0 Å². The van der Waals surface area contributed by atoms with Crippen LogP contribution in [0.5, 0.6) is 5.75 Å². The molecule has 2 amide bonds. The molecule has 43 heavy (non-hydrogen) atoms. The molecule has 0 unspecified atom stereocenters. The van der Waals surface area contributed by atoms with Crippen molar-refractivity contribution in [1.82, 2.24) is 10.2 Å². The van der Waals surface area contributed by atoms with Crippen LogP contribution in [-0.4, -0.2) is 50.9 Å². The first-order valence-corrected chi connectivity index (χ1v) is 16.9. The van der Waals surface area contributed by atoms with Crippen LogP contribution in [0.1, 0.15) is 56.6 Å². The normalized spacial score (nSPS) is 14.5. The summed E-state index contributed by atoms with van der Waals surface area (Å²) < 4.78 is 35.2. The Bertz CT molecular complexity index is 1470. The molecule has 0 bridgehead atoms. The smallest absolute Gasteiger partial charge is 0.264 e. The van der Waals surface area contributed by atoms with Gasteiger partial charge in [-0.1, -0.05) is 71.9 Å². The minimum Gasteiger partial charge on any atom is -0.497 e. The molecule has 0 radical (unpaired) electrons. The molecule has 8 nitrogen and oxygen atoms in total. The van der Waals surface area contributed by atoms with Gasteiger partial charge in [-0.15, -0.1) is 0 Å². The third kappa shape index (κ3) is 8.38. The number of nitrogens with zero attached hydrogens (tertiary/aromatic N) is 2. The molecule has 1 atom stereocenters. The predicted octanol–water partition coefficient (Wildman–Crippen LogP) is 6.22. The first kappa shape index (κ1) is 32.5. The highest BCUT2D eigenvalue weighted by Gasteiger charge is 2.34. The number of benzene rings is 3. The number of hydrogen-bond donors (Lipinski definition) is 1. The number of carbonyl (C=O) groups is 2. The molecule has 0 aliphatic heterocycles. The topological polar surface area (TPSA) is 96.0 Å². The number of hydrogen-bond acceptors (Lipinski definition) is 5. The summed E-state index contributed by atoms with van der Waals surface area (Å²) in [6, 6.07) is 19.9. The highest BCUT2D eigenvalue weighted by Crippen LogP contribution is 2.27. The van der Waals surface area contributed by atoms with E-state index >= 15 is 0 Å². The van der Waals surface area contributed by atoms with Crippen molar-refractivity contribution in [2.45, 2.75) is 75.9 Å². The molecule has 10 heteroatoms. The van der Waals surface area contributed by atoms with E-state index in [4.69, 9.17) is 4.74 Å². The second-order valence-corrected chi connectivity index (χ2v) is 13.7. The van der Waals surface area contributed by atoms with Crippen LogP contribution in [-0.2, 0) is 26.2 Å². The van der Waals surface area contributed by atoms with E-state index in [1.807, 2.05) is 26.0 Å². The molecular weight excluding hydrogens is 630 g/mol. The van der Waals surface area contributed by atoms with Gasteiger partial charge in [-0.3, -0.25) is 13.9 Å². The van der Waals surface area contributed by atoms with Gasteiger partial charge in [0.05, 0.1) is 17.7 Å². The van der Waals surface area contributed by atoms with Crippen molar-refractivity contribution >= 4 is 43.5 Å². The summed E-state index contributed by atoms with van der Waals surface area (Å²) in [5.74, 6) is -0.0118. The van der Waals surface area contributed by atoms with Gasteiger partial charge in [-0.05, 0) is 80.3 Å². The number of amides is 2. The van der Waals surface area contributed by atoms with Gasteiger partial charge in [-0.25, -0.2) is 8.42 Å². The number of ether oxygens (including phenoxy) is 1. The van der Waals surface area contributed by atoms with Crippen molar-refractivity contribution in [2.75, 3.05) is 18.0 Å². The summed E-state index contributed by atoms with van der Waals surface area (Å²) in [6.45, 7) is 3.42. The molecule has 0 heterocycles. The maximum atomic E-state index is 14.3. The second-order valence-electron chi connectivity index (χ2n) is 10.9. The number of sulfonamides is 1. The van der Waals surface area contributed by atoms with Crippen molar-refractivity contribution < 1.29 is 22.7 Å². The maximum absolute atomic E-state index is 14.3. The minimum atomic E-state index is -4.12. The van der Waals surface area contributed by atoms with Crippen LogP contribution in [0, 0.1) is 6.92 Å². The molecule has 0 aromatic heterocycles. The van der Waals surface area contributed by atoms with Crippen molar-refractivity contribution in [3.63, 3.8) is 0 Å². The molecule has 1 aliphatic rings. The Morgan fingerprint density at radius 1 is 0.953 bits per heavy atom. The highest BCUT2D eigenvalue weighted by molar-refractivity contribution is 9.10. The quantitative estimate of drug-likeness (QED) is 0.247. The molecule has 0 saturated heterocycles. The van der Waals surface area contributed by atoms with Gasteiger partial charge in [0, 0.05) is 17.1 Å². The Kier molecular flexibility index (Phi) is 11.3. The number of anilines is 1. The average Bonchev–Trinajstić information content (AvgIpc) is 3.01. The molecule has 1 fully saturated rings. The second kappa shape index (κ2) is 14.9. The van der Waals surface area contributed by atoms with Gasteiger partial charge in [0.25, 0.3) is 10.0 Å². The van der Waals surface area contributed by atoms with E-state index < -0.39 is 28.5 Å². The van der Waals surface area contributed by atoms with Gasteiger partial charge in [-0.2, -0.15) is 0 Å². The van der Waals surface area contributed by atoms with Gasteiger partial charge >= 0.3 is 0 Å². The molecule has 1 saturated carbocycles. The molecular formula is C33H40BrN3O5S. The first-order chi connectivity index (χ1) is 20.6. The lowest BCUT2D eigenvalue weighted by molar-refractivity contribution is -0.140. The third-order valence-electron chi connectivity index (χ3n) is 7.85. The fraction of sp³-hybridized carbons (Fsp3) is 0.394. The number of aryl methyl sites for hydroxylation is 1. The summed E-state index contributed by atoms with van der Waals surface area (Å²) in [6.07, 6.45) is 5.50. The Morgan fingerprint density at radius 2 is 1.58 bits per heavy atom. The lowest BCUT2D eigenvalue weighted by Gasteiger charge is -2.34. The summed E-state index contributed by atoms with van der Waals surface area (Å²) in [7, 11) is -2.53. The van der Waals surface area contributed by atoms with E-state index in [1.165, 1.54) is 4.90 Å². The van der Waals surface area contributed by atoms with Crippen LogP contribution in [0.3, 0.4) is 0 Å². The monoisotopic (exact) mass is 669 g/mol. The summed E-state index contributed by atoms with van der Waals surface area (Å²) >= 11 is 3.41. The molecule has 0 spiro atoms. The lowest BCUT2D eigenvalue weighted by atomic mass is 9.95. The van der Waals surface area contributed by atoms with Crippen molar-refractivity contribution in [3.05, 3.63) is 88.4 Å². The molecule has 3 aromatic carbocycles. The number of nitrogens with one attached hydrogen (secondary N) is 1. The van der Waals surface area contributed by atoms with E-state index in [9.17, 15) is 18.0 Å². The predicted molar refractivity (Wildman–Crippen MR) is 172 cm³/mol. The largest absolute Gasteiger partial charge is 0.497 e. The number of methoxy groups -OCH3 is 1. The van der Waals surface area contributed by atoms with E-state index in [0.29, 0.717) is 17.9 Å². The fourth-order valence-electron chi connectivity index (χ4n) is 5.36. The van der Waals surface area contributed by atoms with Gasteiger partial charge in [0.1, 0.15) is 18.3 Å². The molecule has 1 aliphatic carbocycles. The molecule has 1 N–H and O–H groups in total. The van der Waals surface area contributed by atoms with Crippen molar-refractivity contribution in [2.24, 2.45) is 0 Å². The standard InChI is InChI=1S/C33H40BrN3O5S/c1-4-31(33(39)35-27-8-6-5-7-9-27)36(22-25-12-18-29(42-3)19-13-25)32(38)23-37(28-16-14-26(34)15-17-28)43(40,41)30-20-10-24(2)11-21-30/h10-21,27,31H,4-9,22-23H2,1-3H3,(H,35,39)/t31-/m0/s1. The third-order valence-corrected chi connectivity index (χ3v) is 10.2. The molecule has 3 aromatic rings. The summed E-state index contributed by atoms with van der Waals surface area (Å²) in [5.41, 5.74) is 2.07. The maximum Gasteiger partial charge on any atom is 0.264 e. The molecule has 4 rings (SSSR count). The van der Waals surface area contributed by atoms with Gasteiger partial charge < -0.3 is 15.0 Å². The van der Waals surface area contributed by atoms with Crippen LogP contribution < -0.4 is 14.4 Å². The number of halogens is 1. The van der Waals surface area contributed by atoms with Gasteiger partial charge in [0.2, 0.25) is 11.8 Å². The fourth-order valence-corrected chi connectivity index (χ4v) is 7.04. The molecule has 230 valence electrons.